The number of aliphatic carboxylic acids is 2. The Hall–Kier alpha value is -2.37. The molecule has 0 aliphatic heterocycles. The second-order valence-corrected chi connectivity index (χ2v) is 3.66. The summed E-state index contributed by atoms with van der Waals surface area (Å²) < 4.78 is 0. The lowest BCUT2D eigenvalue weighted by molar-refractivity contribution is -0.140. The summed E-state index contributed by atoms with van der Waals surface area (Å²) in [5.74, 6) is -2.89. The molecule has 1 aromatic carbocycles. The van der Waals surface area contributed by atoms with Gasteiger partial charge in [0.15, 0.2) is 0 Å². The molecule has 0 aliphatic rings. The summed E-state index contributed by atoms with van der Waals surface area (Å²) in [5, 5.41) is 19.7. The number of rotatable bonds is 6. The molecule has 3 N–H and O–H groups in total. The highest BCUT2D eigenvalue weighted by Gasteiger charge is 2.21. The fraction of sp³-hybridized carbons (Fsp3) is 0.250. The molecule has 6 nitrogen and oxygen atoms in total. The van der Waals surface area contributed by atoms with Gasteiger partial charge in [-0.3, -0.25) is 9.59 Å². The third kappa shape index (κ3) is 4.25. The number of carbonyl (C=O) groups excluding carboxylic acids is 1. The van der Waals surface area contributed by atoms with Crippen LogP contribution >= 0.6 is 0 Å². The largest absolute Gasteiger partial charge is 0.481 e. The van der Waals surface area contributed by atoms with Crippen LogP contribution in [0.5, 0.6) is 0 Å². The van der Waals surface area contributed by atoms with Crippen molar-refractivity contribution in [1.29, 1.82) is 0 Å². The van der Waals surface area contributed by atoms with Gasteiger partial charge in [0.1, 0.15) is 6.04 Å². The third-order valence-electron chi connectivity index (χ3n) is 2.29. The van der Waals surface area contributed by atoms with Gasteiger partial charge < -0.3 is 15.5 Å². The Balaban J connectivity index is 0.00000324. The molecule has 18 heavy (non-hydrogen) atoms. The molecule has 98 valence electrons. The van der Waals surface area contributed by atoms with E-state index in [1.807, 2.05) is 0 Å². The predicted octanol–water partition coefficient (Wildman–Crippen LogP) is 0.980. The zero-order valence-electron chi connectivity index (χ0n) is 9.50. The summed E-state index contributed by atoms with van der Waals surface area (Å²) in [7, 11) is 0. The van der Waals surface area contributed by atoms with Gasteiger partial charge in [-0.2, -0.15) is 0 Å². The number of amides is 1. The third-order valence-corrected chi connectivity index (χ3v) is 2.29. The number of hydrogen-bond donors (Lipinski definition) is 3. The average molecular weight is 253 g/mol. The molecule has 0 heterocycles. The normalized spacial score (nSPS) is 11.6. The average Bonchev–Trinajstić information content (AvgIpc) is 2.34. The van der Waals surface area contributed by atoms with Crippen LogP contribution in [0.4, 0.5) is 0 Å². The lowest BCUT2D eigenvalue weighted by atomic mass is 10.1. The standard InChI is InChI=1S/C12H13NO5.H2/c14-10(15)7-6-9(12(17)18)13-11(16)8-4-2-1-3-5-8;/h1-5,9H,6-7H2,(H,13,16)(H,14,15)(H,17,18);1H/t9-;/m0./s1. The van der Waals surface area contributed by atoms with Crippen LogP contribution in [0.15, 0.2) is 30.3 Å². The van der Waals surface area contributed by atoms with Gasteiger partial charge >= 0.3 is 11.9 Å². The Morgan fingerprint density at radius 3 is 2.28 bits per heavy atom. The first-order chi connectivity index (χ1) is 8.50. The fourth-order valence-electron chi connectivity index (χ4n) is 1.36. The Kier molecular flexibility index (Phi) is 4.86. The van der Waals surface area contributed by atoms with E-state index in [9.17, 15) is 14.4 Å². The first-order valence-electron chi connectivity index (χ1n) is 5.31. The molecule has 0 aliphatic carbocycles. The Morgan fingerprint density at radius 1 is 1.17 bits per heavy atom. The van der Waals surface area contributed by atoms with Crippen molar-refractivity contribution in [1.82, 2.24) is 5.32 Å². The number of carboxylic acid groups (broad SMARTS) is 2. The molecule has 6 heteroatoms. The topological polar surface area (TPSA) is 104 Å². The second-order valence-electron chi connectivity index (χ2n) is 3.66. The van der Waals surface area contributed by atoms with E-state index in [2.05, 4.69) is 5.32 Å². The van der Waals surface area contributed by atoms with Crippen LogP contribution in [-0.2, 0) is 9.59 Å². The molecule has 0 aromatic heterocycles. The molecule has 0 spiro atoms. The Bertz CT molecular complexity index is 449. The first kappa shape index (κ1) is 13.7. The molecule has 0 saturated heterocycles. The van der Waals surface area contributed by atoms with Gasteiger partial charge in [0, 0.05) is 13.4 Å². The highest BCUT2D eigenvalue weighted by molar-refractivity contribution is 5.96. The van der Waals surface area contributed by atoms with Crippen molar-refractivity contribution in [2.75, 3.05) is 0 Å². The zero-order chi connectivity index (χ0) is 13.5. The van der Waals surface area contributed by atoms with Crippen LogP contribution in [-0.4, -0.2) is 34.1 Å². The van der Waals surface area contributed by atoms with Crippen LogP contribution in [0.2, 0.25) is 0 Å². The molecule has 1 amide bonds. The maximum atomic E-state index is 11.7. The highest BCUT2D eigenvalue weighted by Crippen LogP contribution is 2.02. The number of nitrogens with one attached hydrogen (secondary N) is 1. The number of benzene rings is 1. The summed E-state index contributed by atoms with van der Waals surface area (Å²) in [5.41, 5.74) is 0.332. The van der Waals surface area contributed by atoms with Crippen molar-refractivity contribution in [2.24, 2.45) is 0 Å². The molecule has 0 unspecified atom stereocenters. The van der Waals surface area contributed by atoms with Crippen molar-refractivity contribution < 1.29 is 26.0 Å². The minimum Gasteiger partial charge on any atom is -0.481 e. The van der Waals surface area contributed by atoms with Gasteiger partial charge in [-0.05, 0) is 18.6 Å². The van der Waals surface area contributed by atoms with Crippen molar-refractivity contribution in [2.45, 2.75) is 18.9 Å². The molecule has 0 bridgehead atoms. The van der Waals surface area contributed by atoms with E-state index < -0.39 is 23.9 Å². The highest BCUT2D eigenvalue weighted by atomic mass is 16.4. The fourth-order valence-corrected chi connectivity index (χ4v) is 1.36. The SMILES string of the molecule is O=C(O)CC[C@H](NC(=O)c1ccccc1)C(=O)O.[HH]. The molecule has 0 fully saturated rings. The van der Waals surface area contributed by atoms with E-state index in [1.165, 1.54) is 0 Å². The summed E-state index contributed by atoms with van der Waals surface area (Å²) in [6, 6.07) is 6.94. The summed E-state index contributed by atoms with van der Waals surface area (Å²) in [4.78, 5) is 32.9. The maximum absolute atomic E-state index is 11.7. The van der Waals surface area contributed by atoms with Crippen LogP contribution in [0.3, 0.4) is 0 Å². The van der Waals surface area contributed by atoms with Crippen LogP contribution in [0.1, 0.15) is 24.6 Å². The lowest BCUT2D eigenvalue weighted by Gasteiger charge is -2.13. The zero-order valence-corrected chi connectivity index (χ0v) is 9.50. The van der Waals surface area contributed by atoms with Crippen LogP contribution < -0.4 is 5.32 Å². The minimum atomic E-state index is -1.25. The molecule has 1 aromatic rings. The minimum absolute atomic E-state index is 0. The van der Waals surface area contributed by atoms with Crippen molar-refractivity contribution in [3.63, 3.8) is 0 Å². The van der Waals surface area contributed by atoms with Gasteiger partial charge in [0.2, 0.25) is 0 Å². The summed E-state index contributed by atoms with van der Waals surface area (Å²) in [6.45, 7) is 0. The Labute approximate surface area is 105 Å². The molecular weight excluding hydrogens is 238 g/mol. The summed E-state index contributed by atoms with van der Waals surface area (Å²) in [6.07, 6.45) is -0.463. The monoisotopic (exact) mass is 253 g/mol. The van der Waals surface area contributed by atoms with E-state index in [4.69, 9.17) is 10.2 Å². The van der Waals surface area contributed by atoms with Gasteiger partial charge in [-0.1, -0.05) is 18.2 Å². The maximum Gasteiger partial charge on any atom is 0.326 e. The quantitative estimate of drug-likeness (QED) is 0.701. The van der Waals surface area contributed by atoms with Crippen molar-refractivity contribution in [3.05, 3.63) is 35.9 Å². The predicted molar refractivity (Wildman–Crippen MR) is 64.3 cm³/mol. The van der Waals surface area contributed by atoms with Crippen molar-refractivity contribution in [3.8, 4) is 0 Å². The van der Waals surface area contributed by atoms with E-state index >= 15 is 0 Å². The molecule has 0 radical (unpaired) electrons. The second kappa shape index (κ2) is 6.39. The van der Waals surface area contributed by atoms with Gasteiger partial charge in [-0.15, -0.1) is 0 Å². The van der Waals surface area contributed by atoms with Crippen LogP contribution in [0.25, 0.3) is 0 Å². The van der Waals surface area contributed by atoms with E-state index in [0.29, 0.717) is 5.56 Å². The molecular formula is C12H15NO5. The van der Waals surface area contributed by atoms with E-state index in [0.717, 1.165) is 0 Å². The van der Waals surface area contributed by atoms with Crippen molar-refractivity contribution >= 4 is 17.8 Å². The van der Waals surface area contributed by atoms with Crippen LogP contribution in [0, 0.1) is 0 Å². The van der Waals surface area contributed by atoms with E-state index in [1.54, 1.807) is 30.3 Å². The van der Waals surface area contributed by atoms with Gasteiger partial charge in [0.25, 0.3) is 5.91 Å². The number of carboxylic acids is 2. The molecule has 0 saturated carbocycles. The number of hydrogen-bond acceptors (Lipinski definition) is 3. The smallest absolute Gasteiger partial charge is 0.326 e. The lowest BCUT2D eigenvalue weighted by Crippen LogP contribution is -2.41. The first-order valence-corrected chi connectivity index (χ1v) is 5.31. The summed E-state index contributed by atoms with van der Waals surface area (Å²) >= 11 is 0. The number of carbonyl (C=O) groups is 3. The van der Waals surface area contributed by atoms with Gasteiger partial charge in [-0.25, -0.2) is 4.79 Å². The van der Waals surface area contributed by atoms with Gasteiger partial charge in [0.05, 0.1) is 0 Å². The Morgan fingerprint density at radius 2 is 1.78 bits per heavy atom. The van der Waals surface area contributed by atoms with E-state index in [-0.39, 0.29) is 14.3 Å². The molecule has 1 atom stereocenters. The molecule has 1 rings (SSSR count).